The van der Waals surface area contributed by atoms with E-state index in [-0.39, 0.29) is 75.7 Å². The smallest absolute Gasteiger partial charge is 0.334 e. The van der Waals surface area contributed by atoms with Crippen molar-refractivity contribution in [2.45, 2.75) is 140 Å². The molecule has 12 amide bonds. The molecule has 1 saturated heterocycles. The third-order valence-corrected chi connectivity index (χ3v) is 14.2. The van der Waals surface area contributed by atoms with E-state index in [4.69, 9.17) is 17.2 Å². The average Bonchev–Trinajstić information content (AvgIpc) is 2.76. The highest BCUT2D eigenvalue weighted by molar-refractivity contribution is 5.99. The van der Waals surface area contributed by atoms with Gasteiger partial charge in [0, 0.05) is 69.8 Å². The van der Waals surface area contributed by atoms with Crippen LogP contribution in [0.5, 0.6) is 5.75 Å². The van der Waals surface area contributed by atoms with E-state index in [0.717, 1.165) is 22.7 Å². The molecule has 0 aliphatic carbocycles. The van der Waals surface area contributed by atoms with Gasteiger partial charge in [0.05, 0.1) is 18.6 Å². The van der Waals surface area contributed by atoms with Crippen LogP contribution in [0.25, 0.3) is 10.9 Å². The number of aromatic hydroxyl groups is 1. The molecular weight excluding hydrogens is 1140 g/mol. The largest absolute Gasteiger partial charge is 0.508 e. The van der Waals surface area contributed by atoms with Crippen LogP contribution >= 0.6 is 0 Å². The number of hydrogen-bond acceptors (Lipinski definition) is 15. The number of para-hydroxylation sites is 1. The number of nitrogens with zero attached hydrogens (tertiary/aromatic N) is 2. The normalized spacial score (nSPS) is 16.6. The lowest BCUT2D eigenvalue weighted by Gasteiger charge is -2.30. The number of phenols is 1. The predicted octanol–water partition coefficient (Wildman–Crippen LogP) is -3.41. The molecule has 3 aromatic carbocycles. The Hall–Kier alpha value is -9.84. The lowest BCUT2D eigenvalue weighted by atomic mass is 10.0. The number of fused-ring (bicyclic) bond motifs is 1. The molecule has 30 heteroatoms. The number of benzene rings is 3. The standard InChI is InChI=1S/C58H80N16O14/c1-30(2)22-42(51(82)66-40(16-11-21-63-57(61)62-5)50(81)67-41(49(60)80)25-35-28-64-39-15-10-9-14-38(35)39)70-58(88)73-72-53(84)43(23-33-12-7-6-8-13-33)69-55(86)48(31(3)75)71-52(83)44(27-47(59)79)68-54(85)46-26-37(78)29-74(46)56(87)45(65-32(4)76)24-34-17-19-36(77)20-18-34/h6-10,12-15,17-20,28,30-31,37,40-46,48,64,75,77-78H,11,16,21-27,29H2,1-5H3,(H2,59,79)(H2,60,80)(H,65,76)(H,66,82)(H,67,81)(H,68,85)(H,69,86)(H,71,83)(H,72,84)(H3,61,62,63)(H2,70,73,88). The number of amides is 12. The molecule has 0 bridgehead atoms. The number of urea groups is 1. The number of β-amino-alcohol motifs (C(OH)–C–C–N with tert-alkyl or cyclic N) is 1. The first-order valence-electron chi connectivity index (χ1n) is 28.5. The molecule has 1 aromatic heterocycles. The van der Waals surface area contributed by atoms with Crippen molar-refractivity contribution in [2.75, 3.05) is 20.1 Å². The van der Waals surface area contributed by atoms with E-state index in [1.165, 1.54) is 38.2 Å². The molecule has 1 fully saturated rings. The first-order valence-corrected chi connectivity index (χ1v) is 28.5. The molecule has 10 atom stereocenters. The molecular formula is C58H80N16O14. The highest BCUT2D eigenvalue weighted by atomic mass is 16.3. The van der Waals surface area contributed by atoms with Crippen LogP contribution in [0.1, 0.15) is 76.5 Å². The number of carbonyl (C=O) groups excluding carboxylic acids is 11. The maximum atomic E-state index is 14.1. The summed E-state index contributed by atoms with van der Waals surface area (Å²) in [5.74, 6) is -9.47. The Labute approximate surface area is 507 Å². The Morgan fingerprint density at radius 3 is 1.92 bits per heavy atom. The fourth-order valence-electron chi connectivity index (χ4n) is 9.74. The second-order valence-electron chi connectivity index (χ2n) is 21.8. The minimum atomic E-state index is -1.89. The molecule has 20 N–H and O–H groups in total. The first kappa shape index (κ1) is 68.9. The van der Waals surface area contributed by atoms with Gasteiger partial charge in [-0.15, -0.1) is 0 Å². The van der Waals surface area contributed by atoms with Crippen molar-refractivity contribution in [1.29, 1.82) is 0 Å². The summed E-state index contributed by atoms with van der Waals surface area (Å²) in [7, 11) is 1.48. The second-order valence-corrected chi connectivity index (χ2v) is 21.8. The van der Waals surface area contributed by atoms with Gasteiger partial charge in [-0.25, -0.2) is 10.2 Å². The fraction of sp³-hybridized carbons (Fsp3) is 0.448. The van der Waals surface area contributed by atoms with E-state index in [1.54, 1.807) is 50.4 Å². The number of aliphatic hydroxyl groups excluding tert-OH is 2. The number of rotatable bonds is 30. The Kier molecular flexibility index (Phi) is 26.0. The lowest BCUT2D eigenvalue weighted by Crippen LogP contribution is -2.62. The summed E-state index contributed by atoms with van der Waals surface area (Å²) < 4.78 is 0. The van der Waals surface area contributed by atoms with E-state index >= 15 is 0 Å². The number of aromatic nitrogens is 1. The van der Waals surface area contributed by atoms with Crippen LogP contribution in [-0.4, -0.2) is 177 Å². The Bertz CT molecular complexity index is 3140. The Morgan fingerprint density at radius 2 is 1.28 bits per heavy atom. The van der Waals surface area contributed by atoms with Crippen molar-refractivity contribution < 1.29 is 68.1 Å². The first-order chi connectivity index (χ1) is 41.7. The van der Waals surface area contributed by atoms with Crippen molar-refractivity contribution in [3.05, 3.63) is 102 Å². The van der Waals surface area contributed by atoms with E-state index in [0.29, 0.717) is 16.7 Å². The molecule has 2 heterocycles. The number of aliphatic imine (C=N–C) groups is 1. The van der Waals surface area contributed by atoms with Gasteiger partial charge in [0.15, 0.2) is 5.96 Å². The van der Waals surface area contributed by atoms with E-state index in [9.17, 15) is 68.1 Å². The molecule has 1 aliphatic rings. The van der Waals surface area contributed by atoms with Crippen molar-refractivity contribution in [3.8, 4) is 5.75 Å². The van der Waals surface area contributed by atoms with Crippen molar-refractivity contribution >= 4 is 82.0 Å². The van der Waals surface area contributed by atoms with E-state index in [2.05, 4.69) is 63.4 Å². The number of aromatic amines is 1. The maximum absolute atomic E-state index is 14.1. The zero-order valence-corrected chi connectivity index (χ0v) is 49.5. The predicted molar refractivity (Wildman–Crippen MR) is 320 cm³/mol. The van der Waals surface area contributed by atoms with Gasteiger partial charge in [0.1, 0.15) is 54.1 Å². The number of nitrogens with two attached hydrogens (primary N) is 3. The van der Waals surface area contributed by atoms with Gasteiger partial charge in [-0.3, -0.25) is 58.4 Å². The van der Waals surface area contributed by atoms with Crippen molar-refractivity contribution in [2.24, 2.45) is 28.1 Å². The number of aliphatic hydroxyl groups is 2. The molecule has 0 saturated carbocycles. The molecule has 0 radical (unpaired) electrons. The van der Waals surface area contributed by atoms with Crippen molar-refractivity contribution in [1.82, 2.24) is 63.3 Å². The summed E-state index contributed by atoms with van der Waals surface area (Å²) in [5.41, 5.74) is 23.9. The monoisotopic (exact) mass is 1220 g/mol. The van der Waals surface area contributed by atoms with Crippen LogP contribution in [0.15, 0.2) is 90.1 Å². The molecule has 5 rings (SSSR count). The summed E-state index contributed by atoms with van der Waals surface area (Å²) in [4.78, 5) is 157. The molecule has 476 valence electrons. The Morgan fingerprint density at radius 1 is 0.670 bits per heavy atom. The third-order valence-electron chi connectivity index (χ3n) is 14.2. The molecule has 1 aliphatic heterocycles. The highest BCUT2D eigenvalue weighted by Gasteiger charge is 2.43. The fourth-order valence-corrected chi connectivity index (χ4v) is 9.74. The molecule has 0 spiro atoms. The second kappa shape index (κ2) is 33.2. The number of likely N-dealkylation sites (tertiary alicyclic amines) is 1. The van der Waals surface area contributed by atoms with Gasteiger partial charge >= 0.3 is 6.03 Å². The third kappa shape index (κ3) is 21.3. The quantitative estimate of drug-likeness (QED) is 0.0105. The van der Waals surface area contributed by atoms with E-state index < -0.39 is 132 Å². The number of hydrogen-bond donors (Lipinski definition) is 17. The number of hydrazine groups is 1. The number of guanidine groups is 1. The minimum Gasteiger partial charge on any atom is -0.508 e. The molecule has 10 unspecified atom stereocenters. The van der Waals surface area contributed by atoms with Crippen LogP contribution in [0.4, 0.5) is 4.79 Å². The minimum absolute atomic E-state index is 0.0122. The average molecular weight is 1230 g/mol. The summed E-state index contributed by atoms with van der Waals surface area (Å²) in [6.07, 6.45) is -2.45. The summed E-state index contributed by atoms with van der Waals surface area (Å²) in [5, 5.41) is 52.5. The van der Waals surface area contributed by atoms with Gasteiger partial charge in [0.25, 0.3) is 5.91 Å². The lowest BCUT2D eigenvalue weighted by molar-refractivity contribution is -0.142. The number of primary amides is 2. The van der Waals surface area contributed by atoms with Crippen LogP contribution in [0.2, 0.25) is 0 Å². The van der Waals surface area contributed by atoms with Gasteiger partial charge in [-0.05, 0) is 67.0 Å². The number of phenolic OH excluding ortho intramolecular Hbond substituents is 1. The summed E-state index contributed by atoms with van der Waals surface area (Å²) in [6, 6.07) is 8.44. The van der Waals surface area contributed by atoms with Crippen LogP contribution in [0, 0.1) is 5.92 Å². The SMILES string of the molecule is CN=C(N)NCCCC(NC(=O)C(CC(C)C)NC(=O)NNC(=O)C(Cc1ccccc1)NC(=O)C(NC(=O)C(CC(N)=O)NC(=O)C1CC(O)CN1C(=O)C(Cc1ccc(O)cc1)NC(C)=O)C(C)O)C(=O)NC(Cc1c[nH]c2ccccc12)C(N)=O. The van der Waals surface area contributed by atoms with Gasteiger partial charge < -0.3 is 84.9 Å². The van der Waals surface area contributed by atoms with Crippen molar-refractivity contribution in [3.63, 3.8) is 0 Å². The highest BCUT2D eigenvalue weighted by Crippen LogP contribution is 2.23. The Balaban J connectivity index is 1.28. The zero-order chi connectivity index (χ0) is 64.8. The summed E-state index contributed by atoms with van der Waals surface area (Å²) >= 11 is 0. The molecule has 4 aromatic rings. The molecule has 30 nitrogen and oxygen atoms in total. The van der Waals surface area contributed by atoms with Gasteiger partial charge in [-0.2, -0.15) is 0 Å². The number of nitrogens with one attached hydrogen (secondary N) is 11. The maximum Gasteiger partial charge on any atom is 0.334 e. The van der Waals surface area contributed by atoms with Gasteiger partial charge in [0.2, 0.25) is 53.2 Å². The van der Waals surface area contributed by atoms with Gasteiger partial charge in [-0.1, -0.05) is 74.5 Å². The van der Waals surface area contributed by atoms with Crippen LogP contribution in [0.3, 0.4) is 0 Å². The topological polar surface area (TPSA) is 478 Å². The number of H-pyrrole nitrogens is 1. The van der Waals surface area contributed by atoms with Crippen LogP contribution in [-0.2, 0) is 67.2 Å². The van der Waals surface area contributed by atoms with E-state index in [1.807, 2.05) is 24.3 Å². The number of carbonyl (C=O) groups is 11. The van der Waals surface area contributed by atoms with Crippen LogP contribution < -0.4 is 70.6 Å². The summed E-state index contributed by atoms with van der Waals surface area (Å²) in [6.45, 7) is 5.70. The zero-order valence-electron chi connectivity index (χ0n) is 49.5. The molecule has 88 heavy (non-hydrogen) atoms.